The summed E-state index contributed by atoms with van der Waals surface area (Å²) in [7, 11) is 0. The van der Waals surface area contributed by atoms with E-state index in [1.54, 1.807) is 0 Å². The minimum Gasteiger partial charge on any atom is -0.223 e. The molecule has 4 nitrogen and oxygen atoms in total. The van der Waals surface area contributed by atoms with Crippen molar-refractivity contribution in [2.45, 2.75) is 45.1 Å². The second-order valence-corrected chi connectivity index (χ2v) is 4.02. The Bertz CT molecular complexity index is 323. The summed E-state index contributed by atoms with van der Waals surface area (Å²) in [5.41, 5.74) is 0.945. The maximum absolute atomic E-state index is 4.06. The molecule has 1 aromatic heterocycles. The fourth-order valence-electron chi connectivity index (χ4n) is 2.05. The molecular weight excluding hydrogens is 176 g/mol. The van der Waals surface area contributed by atoms with E-state index in [0.717, 1.165) is 11.4 Å². The van der Waals surface area contributed by atoms with E-state index in [2.05, 4.69) is 22.1 Å². The Kier molecular flexibility index (Phi) is 2.61. The number of hydrogen-bond donors (Lipinski definition) is 0. The monoisotopic (exact) mass is 192 g/mol. The van der Waals surface area contributed by atoms with E-state index in [0.29, 0.717) is 6.04 Å². The molecule has 0 aromatic carbocycles. The molecule has 76 valence electrons. The lowest BCUT2D eigenvalue weighted by atomic mass is 9.95. The first-order valence-corrected chi connectivity index (χ1v) is 5.23. The minimum absolute atomic E-state index is 0.491. The molecular formula is C10H16N4. The maximum atomic E-state index is 4.06. The molecule has 4 heteroatoms. The molecule has 14 heavy (non-hydrogen) atoms. The zero-order valence-electron chi connectivity index (χ0n) is 8.61. The van der Waals surface area contributed by atoms with Gasteiger partial charge in [-0.3, -0.25) is 0 Å². The van der Waals surface area contributed by atoms with Crippen LogP contribution < -0.4 is 0 Å². The zero-order valence-corrected chi connectivity index (χ0v) is 8.61. The van der Waals surface area contributed by atoms with E-state index < -0.39 is 0 Å². The smallest absolute Gasteiger partial charge is 0.177 e. The van der Waals surface area contributed by atoms with Gasteiger partial charge in [0, 0.05) is 0 Å². The van der Waals surface area contributed by atoms with Crippen LogP contribution in [0.4, 0.5) is 0 Å². The molecule has 0 radical (unpaired) electrons. The van der Waals surface area contributed by atoms with Crippen molar-refractivity contribution in [3.63, 3.8) is 0 Å². The van der Waals surface area contributed by atoms with Crippen LogP contribution in [0.5, 0.6) is 0 Å². The van der Waals surface area contributed by atoms with Gasteiger partial charge in [-0.2, -0.15) is 0 Å². The summed E-state index contributed by atoms with van der Waals surface area (Å²) in [4.78, 5) is 0. The second kappa shape index (κ2) is 3.90. The molecule has 1 aliphatic carbocycles. The van der Waals surface area contributed by atoms with Crippen LogP contribution in [0, 0.1) is 0 Å². The topological polar surface area (TPSA) is 43.6 Å². The average molecular weight is 192 g/mol. The Labute approximate surface area is 84.0 Å². The second-order valence-electron chi connectivity index (χ2n) is 4.02. The van der Waals surface area contributed by atoms with Gasteiger partial charge in [-0.1, -0.05) is 25.8 Å². The lowest BCUT2D eigenvalue weighted by molar-refractivity contribution is 0.322. The molecule has 0 atom stereocenters. The van der Waals surface area contributed by atoms with Crippen LogP contribution in [0.15, 0.2) is 6.58 Å². The summed E-state index contributed by atoms with van der Waals surface area (Å²) >= 11 is 0. The van der Waals surface area contributed by atoms with Crippen LogP contribution in [0.25, 0.3) is 5.57 Å². The van der Waals surface area contributed by atoms with E-state index in [9.17, 15) is 0 Å². The lowest BCUT2D eigenvalue weighted by Gasteiger charge is -2.22. The maximum Gasteiger partial charge on any atom is 0.177 e. The highest BCUT2D eigenvalue weighted by Gasteiger charge is 2.19. The highest BCUT2D eigenvalue weighted by atomic mass is 15.5. The first-order chi connectivity index (χ1) is 6.79. The molecule has 0 spiro atoms. The average Bonchev–Trinajstić information content (AvgIpc) is 2.67. The van der Waals surface area contributed by atoms with Crippen LogP contribution >= 0.6 is 0 Å². The number of nitrogens with zero attached hydrogens (tertiary/aromatic N) is 4. The Balaban J connectivity index is 2.21. The number of tetrazole rings is 1. The van der Waals surface area contributed by atoms with Gasteiger partial charge in [0.05, 0.1) is 6.04 Å². The number of hydrogen-bond acceptors (Lipinski definition) is 3. The molecule has 0 saturated heterocycles. The summed E-state index contributed by atoms with van der Waals surface area (Å²) in [5, 5.41) is 11.8. The van der Waals surface area contributed by atoms with Gasteiger partial charge in [0.15, 0.2) is 5.82 Å². The van der Waals surface area contributed by atoms with Gasteiger partial charge in [-0.05, 0) is 35.8 Å². The number of rotatable bonds is 2. The van der Waals surface area contributed by atoms with Crippen molar-refractivity contribution < 1.29 is 0 Å². The predicted molar refractivity (Wildman–Crippen MR) is 54.6 cm³/mol. The van der Waals surface area contributed by atoms with Gasteiger partial charge >= 0.3 is 0 Å². The standard InChI is InChI=1S/C10H16N4/c1-8(2)10-11-12-13-14(10)9-6-4-3-5-7-9/h9H,1,3-7H2,2H3. The van der Waals surface area contributed by atoms with Gasteiger partial charge in [0.1, 0.15) is 0 Å². The highest BCUT2D eigenvalue weighted by Crippen LogP contribution is 2.28. The van der Waals surface area contributed by atoms with Crippen LogP contribution in [-0.4, -0.2) is 20.2 Å². The molecule has 1 heterocycles. The van der Waals surface area contributed by atoms with Crippen molar-refractivity contribution in [1.29, 1.82) is 0 Å². The van der Waals surface area contributed by atoms with Gasteiger partial charge in [0.2, 0.25) is 0 Å². The molecule has 2 rings (SSSR count). The SMILES string of the molecule is C=C(C)c1nnnn1C1CCCCC1. The fourth-order valence-corrected chi connectivity index (χ4v) is 2.05. The van der Waals surface area contributed by atoms with Crippen LogP contribution in [-0.2, 0) is 0 Å². The Morgan fingerprint density at radius 1 is 1.36 bits per heavy atom. The van der Waals surface area contributed by atoms with Gasteiger partial charge < -0.3 is 0 Å². The van der Waals surface area contributed by atoms with Gasteiger partial charge in [-0.15, -0.1) is 5.10 Å². The van der Waals surface area contributed by atoms with E-state index in [1.807, 2.05) is 11.6 Å². The molecule has 0 N–H and O–H groups in total. The third kappa shape index (κ3) is 1.69. The Hall–Kier alpha value is -1.19. The normalized spacial score (nSPS) is 18.4. The first kappa shape index (κ1) is 9.37. The van der Waals surface area contributed by atoms with Gasteiger partial charge in [0.25, 0.3) is 0 Å². The highest BCUT2D eigenvalue weighted by molar-refractivity contribution is 5.53. The van der Waals surface area contributed by atoms with E-state index >= 15 is 0 Å². The molecule has 1 aromatic rings. The van der Waals surface area contributed by atoms with Crippen LogP contribution in [0.2, 0.25) is 0 Å². The largest absolute Gasteiger partial charge is 0.223 e. The third-order valence-corrected chi connectivity index (χ3v) is 2.80. The van der Waals surface area contributed by atoms with Crippen molar-refractivity contribution in [2.75, 3.05) is 0 Å². The predicted octanol–water partition coefficient (Wildman–Crippen LogP) is 2.21. The molecule has 0 aliphatic heterocycles. The van der Waals surface area contributed by atoms with Crippen molar-refractivity contribution in [3.05, 3.63) is 12.4 Å². The third-order valence-electron chi connectivity index (χ3n) is 2.80. The molecule has 0 amide bonds. The Morgan fingerprint density at radius 2 is 2.07 bits per heavy atom. The lowest BCUT2D eigenvalue weighted by Crippen LogP contribution is -2.16. The summed E-state index contributed by atoms with van der Waals surface area (Å²) in [5.74, 6) is 0.844. The zero-order chi connectivity index (χ0) is 9.97. The van der Waals surface area contributed by atoms with Gasteiger partial charge in [-0.25, -0.2) is 4.68 Å². The summed E-state index contributed by atoms with van der Waals surface area (Å²) in [6.07, 6.45) is 6.33. The minimum atomic E-state index is 0.491. The van der Waals surface area contributed by atoms with Crippen LogP contribution in [0.1, 0.15) is 50.9 Å². The summed E-state index contributed by atoms with van der Waals surface area (Å²) < 4.78 is 1.95. The van der Waals surface area contributed by atoms with E-state index in [-0.39, 0.29) is 0 Å². The van der Waals surface area contributed by atoms with E-state index in [4.69, 9.17) is 0 Å². The molecule has 1 aliphatic rings. The molecule has 0 bridgehead atoms. The van der Waals surface area contributed by atoms with Crippen molar-refractivity contribution in [3.8, 4) is 0 Å². The number of allylic oxidation sites excluding steroid dienone is 1. The molecule has 1 fully saturated rings. The summed E-state index contributed by atoms with van der Waals surface area (Å²) in [6.45, 7) is 5.84. The van der Waals surface area contributed by atoms with Crippen molar-refractivity contribution >= 4 is 5.57 Å². The fraction of sp³-hybridized carbons (Fsp3) is 0.700. The van der Waals surface area contributed by atoms with E-state index in [1.165, 1.54) is 32.1 Å². The quantitative estimate of drug-likeness (QED) is 0.721. The molecule has 1 saturated carbocycles. The van der Waals surface area contributed by atoms with Crippen molar-refractivity contribution in [2.24, 2.45) is 0 Å². The van der Waals surface area contributed by atoms with Crippen molar-refractivity contribution in [1.82, 2.24) is 20.2 Å². The molecule has 0 unspecified atom stereocenters. The first-order valence-electron chi connectivity index (χ1n) is 5.23. The van der Waals surface area contributed by atoms with Crippen LogP contribution in [0.3, 0.4) is 0 Å². The number of aromatic nitrogens is 4. The summed E-state index contributed by atoms with van der Waals surface area (Å²) in [6, 6.07) is 0.491. The Morgan fingerprint density at radius 3 is 2.71 bits per heavy atom.